The summed E-state index contributed by atoms with van der Waals surface area (Å²) in [5.74, 6) is -0.704. The van der Waals surface area contributed by atoms with Crippen molar-refractivity contribution in [1.29, 1.82) is 0 Å². The summed E-state index contributed by atoms with van der Waals surface area (Å²) in [4.78, 5) is 10.8. The van der Waals surface area contributed by atoms with Gasteiger partial charge in [-0.2, -0.15) is 17.0 Å². The summed E-state index contributed by atoms with van der Waals surface area (Å²) in [6, 6.07) is 0. The number of aliphatic carboxylic acids is 1. The predicted octanol–water partition coefficient (Wildman–Crippen LogP) is 0.370. The van der Waals surface area contributed by atoms with E-state index in [2.05, 4.69) is 0 Å². The average molecular weight is 276 g/mol. The van der Waals surface area contributed by atoms with Crippen LogP contribution in [0, 0.1) is 11.8 Å². The van der Waals surface area contributed by atoms with Crippen molar-refractivity contribution < 1.29 is 18.3 Å². The molecular formula is C11H20N2O4S. The highest BCUT2D eigenvalue weighted by Gasteiger charge is 2.35. The zero-order valence-corrected chi connectivity index (χ0v) is 11.4. The summed E-state index contributed by atoms with van der Waals surface area (Å²) in [6.45, 7) is 1.21. The number of hydrogen-bond donors (Lipinski definition) is 1. The van der Waals surface area contributed by atoms with Gasteiger partial charge in [0, 0.05) is 26.7 Å². The van der Waals surface area contributed by atoms with Crippen LogP contribution in [0.4, 0.5) is 0 Å². The predicted molar refractivity (Wildman–Crippen MR) is 66.2 cm³/mol. The van der Waals surface area contributed by atoms with Crippen molar-refractivity contribution in [2.75, 3.05) is 26.7 Å². The maximum atomic E-state index is 12.2. The zero-order valence-electron chi connectivity index (χ0n) is 10.6. The lowest BCUT2D eigenvalue weighted by Crippen LogP contribution is -2.47. The number of hydrogen-bond acceptors (Lipinski definition) is 3. The molecule has 7 heteroatoms. The van der Waals surface area contributed by atoms with E-state index in [1.807, 2.05) is 0 Å². The molecule has 0 spiro atoms. The lowest BCUT2D eigenvalue weighted by atomic mass is 9.99. The molecule has 1 saturated carbocycles. The van der Waals surface area contributed by atoms with Gasteiger partial charge >= 0.3 is 5.97 Å². The summed E-state index contributed by atoms with van der Waals surface area (Å²) < 4.78 is 27.3. The fourth-order valence-electron chi connectivity index (χ4n) is 2.29. The second-order valence-electron chi connectivity index (χ2n) is 5.24. The highest BCUT2D eigenvalue weighted by molar-refractivity contribution is 7.86. The van der Waals surface area contributed by atoms with E-state index in [-0.39, 0.29) is 0 Å². The van der Waals surface area contributed by atoms with Crippen LogP contribution in [0.25, 0.3) is 0 Å². The normalized spacial score (nSPS) is 23.4. The topological polar surface area (TPSA) is 77.9 Å². The van der Waals surface area contributed by atoms with Crippen LogP contribution in [0.3, 0.4) is 0 Å². The molecule has 0 aromatic rings. The maximum absolute atomic E-state index is 12.2. The van der Waals surface area contributed by atoms with E-state index in [1.54, 1.807) is 7.05 Å². The second-order valence-corrected chi connectivity index (χ2v) is 7.28. The molecular weight excluding hydrogens is 256 g/mol. The highest BCUT2D eigenvalue weighted by atomic mass is 32.2. The van der Waals surface area contributed by atoms with Gasteiger partial charge in [0.15, 0.2) is 0 Å². The number of carboxylic acids is 1. The Hall–Kier alpha value is -0.660. The van der Waals surface area contributed by atoms with Crippen molar-refractivity contribution in [3.05, 3.63) is 0 Å². The van der Waals surface area contributed by atoms with Crippen LogP contribution in [0.1, 0.15) is 25.7 Å². The number of piperidine rings is 1. The minimum atomic E-state index is -3.39. The maximum Gasteiger partial charge on any atom is 0.306 e. The lowest BCUT2D eigenvalue weighted by molar-refractivity contribution is -0.142. The van der Waals surface area contributed by atoms with E-state index < -0.39 is 22.1 Å². The molecule has 0 aromatic heterocycles. The number of carboxylic acid groups (broad SMARTS) is 1. The van der Waals surface area contributed by atoms with Crippen molar-refractivity contribution in [2.24, 2.45) is 11.8 Å². The molecule has 0 aromatic carbocycles. The van der Waals surface area contributed by atoms with E-state index in [9.17, 15) is 13.2 Å². The molecule has 0 radical (unpaired) electrons. The number of nitrogens with zero attached hydrogens (tertiary/aromatic N) is 2. The zero-order chi connectivity index (χ0) is 13.3. The minimum Gasteiger partial charge on any atom is -0.481 e. The molecule has 0 atom stereocenters. The van der Waals surface area contributed by atoms with Gasteiger partial charge < -0.3 is 5.11 Å². The first kappa shape index (κ1) is 13.8. The molecule has 104 valence electrons. The van der Waals surface area contributed by atoms with Gasteiger partial charge in [-0.1, -0.05) is 0 Å². The van der Waals surface area contributed by atoms with Crippen LogP contribution in [0.5, 0.6) is 0 Å². The van der Waals surface area contributed by atoms with Gasteiger partial charge in [0.2, 0.25) is 0 Å². The number of rotatable bonds is 5. The Morgan fingerprint density at radius 3 is 2.28 bits per heavy atom. The Labute approximate surface area is 108 Å². The third-order valence-electron chi connectivity index (χ3n) is 3.74. The minimum absolute atomic E-state index is 0.314. The van der Waals surface area contributed by atoms with Crippen molar-refractivity contribution in [3.63, 3.8) is 0 Å². The van der Waals surface area contributed by atoms with Gasteiger partial charge in [0.05, 0.1) is 5.92 Å². The van der Waals surface area contributed by atoms with Gasteiger partial charge in [-0.15, -0.1) is 0 Å². The monoisotopic (exact) mass is 276 g/mol. The second kappa shape index (κ2) is 5.14. The Balaban J connectivity index is 1.92. The molecule has 0 amide bonds. The van der Waals surface area contributed by atoms with Crippen LogP contribution in [-0.2, 0) is 15.0 Å². The third kappa shape index (κ3) is 3.02. The molecule has 2 aliphatic rings. The smallest absolute Gasteiger partial charge is 0.306 e. The van der Waals surface area contributed by atoms with E-state index in [1.165, 1.54) is 8.61 Å². The molecule has 0 bridgehead atoms. The van der Waals surface area contributed by atoms with E-state index >= 15 is 0 Å². The van der Waals surface area contributed by atoms with Gasteiger partial charge in [0.1, 0.15) is 0 Å². The molecule has 0 unspecified atom stereocenters. The molecule has 1 N–H and O–H groups in total. The first-order valence-corrected chi connectivity index (χ1v) is 7.75. The van der Waals surface area contributed by atoms with Crippen LogP contribution >= 0.6 is 0 Å². The lowest BCUT2D eigenvalue weighted by Gasteiger charge is -2.32. The fraction of sp³-hybridized carbons (Fsp3) is 0.909. The van der Waals surface area contributed by atoms with Gasteiger partial charge in [0.25, 0.3) is 10.2 Å². The van der Waals surface area contributed by atoms with Crippen molar-refractivity contribution in [3.8, 4) is 0 Å². The Kier molecular flexibility index (Phi) is 3.93. The van der Waals surface area contributed by atoms with E-state index in [0.717, 1.165) is 12.8 Å². The summed E-state index contributed by atoms with van der Waals surface area (Å²) >= 11 is 0. The SMILES string of the molecule is CN(CC1CC1)S(=O)(=O)N1CCC(C(=O)O)CC1. The quantitative estimate of drug-likeness (QED) is 0.787. The third-order valence-corrected chi connectivity index (χ3v) is 5.69. The molecule has 2 fully saturated rings. The molecule has 1 aliphatic carbocycles. The summed E-state index contributed by atoms with van der Waals surface area (Å²) in [5.41, 5.74) is 0. The van der Waals surface area contributed by atoms with Gasteiger partial charge in [-0.05, 0) is 31.6 Å². The number of carbonyl (C=O) groups is 1. The molecule has 6 nitrogen and oxygen atoms in total. The standard InChI is InChI=1S/C11H20N2O4S/c1-12(8-9-2-3-9)18(16,17)13-6-4-10(5-7-13)11(14)15/h9-10H,2-8H2,1H3,(H,14,15). The summed E-state index contributed by atoms with van der Waals surface area (Å²) in [5, 5.41) is 8.89. The first-order valence-electron chi connectivity index (χ1n) is 6.35. The molecule has 18 heavy (non-hydrogen) atoms. The van der Waals surface area contributed by atoms with Crippen molar-refractivity contribution in [1.82, 2.24) is 8.61 Å². The van der Waals surface area contributed by atoms with Gasteiger partial charge in [-0.25, -0.2) is 0 Å². The van der Waals surface area contributed by atoms with Crippen molar-refractivity contribution in [2.45, 2.75) is 25.7 Å². The molecule has 1 aliphatic heterocycles. The van der Waals surface area contributed by atoms with E-state index in [4.69, 9.17) is 5.11 Å². The van der Waals surface area contributed by atoms with Gasteiger partial charge in [-0.3, -0.25) is 4.79 Å². The van der Waals surface area contributed by atoms with Crippen LogP contribution < -0.4 is 0 Å². The van der Waals surface area contributed by atoms with E-state index in [0.29, 0.717) is 38.4 Å². The summed E-state index contributed by atoms with van der Waals surface area (Å²) in [6.07, 6.45) is 3.04. The largest absolute Gasteiger partial charge is 0.481 e. The molecule has 1 saturated heterocycles. The fourth-order valence-corrected chi connectivity index (χ4v) is 3.75. The summed E-state index contributed by atoms with van der Waals surface area (Å²) in [7, 11) is -1.78. The highest BCUT2D eigenvalue weighted by Crippen LogP contribution is 2.31. The Bertz CT molecular complexity index is 411. The van der Waals surface area contributed by atoms with Crippen LogP contribution in [0.2, 0.25) is 0 Å². The van der Waals surface area contributed by atoms with Crippen LogP contribution in [-0.4, -0.2) is 54.8 Å². The first-order chi connectivity index (χ1) is 8.41. The van der Waals surface area contributed by atoms with Crippen LogP contribution in [0.15, 0.2) is 0 Å². The average Bonchev–Trinajstić information content (AvgIpc) is 3.13. The molecule has 2 rings (SSSR count). The van der Waals surface area contributed by atoms with Crippen molar-refractivity contribution >= 4 is 16.2 Å². The Morgan fingerprint density at radius 2 is 1.83 bits per heavy atom. The Morgan fingerprint density at radius 1 is 1.28 bits per heavy atom. The molecule has 1 heterocycles.